The maximum atomic E-state index is 10.4. The normalized spacial score (nSPS) is 12.8. The van der Waals surface area contributed by atoms with Crippen LogP contribution in [0, 0.1) is 6.92 Å². The highest BCUT2D eigenvalue weighted by Crippen LogP contribution is 2.15. The third-order valence-electron chi connectivity index (χ3n) is 1.76. The first kappa shape index (κ1) is 11.0. The van der Waals surface area contributed by atoms with Crippen LogP contribution in [-0.4, -0.2) is 37.6 Å². The average molecular weight is 216 g/mol. The molecule has 0 spiro atoms. The van der Waals surface area contributed by atoms with Crippen molar-refractivity contribution in [1.29, 1.82) is 0 Å². The van der Waals surface area contributed by atoms with Crippen LogP contribution in [0.5, 0.6) is 0 Å². The molecule has 14 heavy (non-hydrogen) atoms. The molecule has 0 aliphatic carbocycles. The van der Waals surface area contributed by atoms with E-state index < -0.39 is 12.0 Å². The molecule has 0 saturated heterocycles. The van der Waals surface area contributed by atoms with Crippen LogP contribution in [-0.2, 0) is 11.8 Å². The fourth-order valence-electron chi connectivity index (χ4n) is 0.749. The Labute approximate surface area is 85.5 Å². The van der Waals surface area contributed by atoms with Crippen molar-refractivity contribution in [3.63, 3.8) is 0 Å². The van der Waals surface area contributed by atoms with Crippen molar-refractivity contribution in [2.45, 2.75) is 18.1 Å². The van der Waals surface area contributed by atoms with Crippen molar-refractivity contribution in [1.82, 2.24) is 14.8 Å². The molecule has 0 aliphatic heterocycles. The van der Waals surface area contributed by atoms with E-state index in [0.29, 0.717) is 10.9 Å². The summed E-state index contributed by atoms with van der Waals surface area (Å²) in [6, 6.07) is -0.864. The number of aliphatic carboxylic acids is 1. The lowest BCUT2D eigenvalue weighted by molar-refractivity contribution is -0.137. The molecular weight excluding hydrogens is 204 g/mol. The van der Waals surface area contributed by atoms with Gasteiger partial charge in [-0.05, 0) is 6.92 Å². The lowest BCUT2D eigenvalue weighted by atomic mass is 10.4. The summed E-state index contributed by atoms with van der Waals surface area (Å²) in [6.07, 6.45) is 0. The summed E-state index contributed by atoms with van der Waals surface area (Å²) < 4.78 is 1.79. The molecular formula is C7H12N4O2S. The first-order valence-electron chi connectivity index (χ1n) is 3.99. The Balaban J connectivity index is 2.54. The van der Waals surface area contributed by atoms with Crippen molar-refractivity contribution >= 4 is 17.7 Å². The lowest BCUT2D eigenvalue weighted by Gasteiger charge is -2.04. The summed E-state index contributed by atoms with van der Waals surface area (Å²) in [6.45, 7) is 1.83. The molecule has 0 bridgehead atoms. The van der Waals surface area contributed by atoms with E-state index in [4.69, 9.17) is 10.8 Å². The number of hydrogen-bond donors (Lipinski definition) is 2. The van der Waals surface area contributed by atoms with Gasteiger partial charge in [-0.25, -0.2) is 0 Å². The van der Waals surface area contributed by atoms with Gasteiger partial charge < -0.3 is 15.4 Å². The first-order valence-corrected chi connectivity index (χ1v) is 4.98. The Morgan fingerprint density at radius 1 is 1.71 bits per heavy atom. The van der Waals surface area contributed by atoms with Gasteiger partial charge in [-0.15, -0.1) is 10.2 Å². The molecule has 78 valence electrons. The van der Waals surface area contributed by atoms with Gasteiger partial charge in [-0.2, -0.15) is 0 Å². The van der Waals surface area contributed by atoms with Gasteiger partial charge in [0.05, 0.1) is 0 Å². The molecule has 0 aromatic carbocycles. The van der Waals surface area contributed by atoms with Crippen molar-refractivity contribution in [3.8, 4) is 0 Å². The van der Waals surface area contributed by atoms with E-state index in [2.05, 4.69) is 10.2 Å². The second kappa shape index (κ2) is 4.43. The molecule has 0 aliphatic rings. The molecule has 0 fully saturated rings. The minimum absolute atomic E-state index is 0.293. The standard InChI is InChI=1S/C7H12N4O2S/c1-4-9-10-7(11(4)2)14-3-5(8)6(12)13/h5H,3,8H2,1-2H3,(H,12,13). The molecule has 1 aromatic heterocycles. The number of carboxylic acids is 1. The molecule has 3 N–H and O–H groups in total. The number of nitrogens with zero attached hydrogens (tertiary/aromatic N) is 3. The van der Waals surface area contributed by atoms with Gasteiger partial charge in [-0.3, -0.25) is 4.79 Å². The van der Waals surface area contributed by atoms with Crippen LogP contribution in [0.15, 0.2) is 5.16 Å². The van der Waals surface area contributed by atoms with Gasteiger partial charge in [0.1, 0.15) is 11.9 Å². The molecule has 1 atom stereocenters. The van der Waals surface area contributed by atoms with E-state index in [1.807, 2.05) is 14.0 Å². The van der Waals surface area contributed by atoms with Gasteiger partial charge >= 0.3 is 5.97 Å². The quantitative estimate of drug-likeness (QED) is 0.667. The lowest BCUT2D eigenvalue weighted by Crippen LogP contribution is -2.32. The van der Waals surface area contributed by atoms with Crippen molar-refractivity contribution in [3.05, 3.63) is 5.82 Å². The number of carbonyl (C=O) groups is 1. The fraction of sp³-hybridized carbons (Fsp3) is 0.571. The van der Waals surface area contributed by atoms with Crippen molar-refractivity contribution < 1.29 is 9.90 Å². The highest BCUT2D eigenvalue weighted by Gasteiger charge is 2.14. The maximum absolute atomic E-state index is 10.4. The summed E-state index contributed by atoms with van der Waals surface area (Å²) >= 11 is 1.29. The van der Waals surface area contributed by atoms with Gasteiger partial charge in [0.25, 0.3) is 0 Å². The van der Waals surface area contributed by atoms with Crippen LogP contribution in [0.2, 0.25) is 0 Å². The third kappa shape index (κ3) is 2.46. The number of thioether (sulfide) groups is 1. The molecule has 6 nitrogen and oxygen atoms in total. The first-order chi connectivity index (χ1) is 6.52. The number of aryl methyl sites for hydroxylation is 1. The van der Waals surface area contributed by atoms with Crippen LogP contribution >= 0.6 is 11.8 Å². The summed E-state index contributed by atoms with van der Waals surface area (Å²) in [4.78, 5) is 10.4. The monoisotopic (exact) mass is 216 g/mol. The Morgan fingerprint density at radius 3 is 2.79 bits per heavy atom. The highest BCUT2D eigenvalue weighted by molar-refractivity contribution is 7.99. The molecule has 1 rings (SSSR count). The number of nitrogens with two attached hydrogens (primary N) is 1. The second-order valence-electron chi connectivity index (χ2n) is 2.84. The molecule has 0 radical (unpaired) electrons. The van der Waals surface area contributed by atoms with E-state index in [1.165, 1.54) is 11.8 Å². The van der Waals surface area contributed by atoms with E-state index in [1.54, 1.807) is 4.57 Å². The van der Waals surface area contributed by atoms with Crippen LogP contribution in [0.3, 0.4) is 0 Å². The van der Waals surface area contributed by atoms with Crippen molar-refractivity contribution in [2.75, 3.05) is 5.75 Å². The third-order valence-corrected chi connectivity index (χ3v) is 2.90. The summed E-state index contributed by atoms with van der Waals surface area (Å²) in [5, 5.41) is 17.0. The largest absolute Gasteiger partial charge is 0.480 e. The molecule has 0 amide bonds. The number of carboxylic acid groups (broad SMARTS) is 1. The zero-order chi connectivity index (χ0) is 10.7. The Bertz CT molecular complexity index is 338. The number of aromatic nitrogens is 3. The van der Waals surface area contributed by atoms with E-state index in [9.17, 15) is 4.79 Å². The van der Waals surface area contributed by atoms with Crippen LogP contribution < -0.4 is 5.73 Å². The summed E-state index contributed by atoms with van der Waals surface area (Å²) in [7, 11) is 1.82. The average Bonchev–Trinajstić information content (AvgIpc) is 2.44. The minimum Gasteiger partial charge on any atom is -0.480 e. The molecule has 7 heteroatoms. The summed E-state index contributed by atoms with van der Waals surface area (Å²) in [5.41, 5.74) is 5.34. The number of hydrogen-bond acceptors (Lipinski definition) is 5. The Kier molecular flexibility index (Phi) is 3.48. The highest BCUT2D eigenvalue weighted by atomic mass is 32.2. The van der Waals surface area contributed by atoms with E-state index in [0.717, 1.165) is 5.82 Å². The van der Waals surface area contributed by atoms with E-state index >= 15 is 0 Å². The van der Waals surface area contributed by atoms with Gasteiger partial charge in [-0.1, -0.05) is 11.8 Å². The Hall–Kier alpha value is -1.08. The van der Waals surface area contributed by atoms with Crippen LogP contribution in [0.25, 0.3) is 0 Å². The minimum atomic E-state index is -1.00. The maximum Gasteiger partial charge on any atom is 0.321 e. The zero-order valence-electron chi connectivity index (χ0n) is 7.97. The van der Waals surface area contributed by atoms with Crippen LogP contribution in [0.4, 0.5) is 0 Å². The topological polar surface area (TPSA) is 94.0 Å². The Morgan fingerprint density at radius 2 is 2.36 bits per heavy atom. The fourth-order valence-corrected chi connectivity index (χ4v) is 1.64. The molecule has 1 heterocycles. The predicted octanol–water partition coefficient (Wildman–Crippen LogP) is -0.372. The predicted molar refractivity (Wildman–Crippen MR) is 52.1 cm³/mol. The SMILES string of the molecule is Cc1nnc(SCC(N)C(=O)O)n1C. The molecule has 1 aromatic rings. The van der Waals surface area contributed by atoms with Gasteiger partial charge in [0.15, 0.2) is 5.16 Å². The molecule has 0 saturated carbocycles. The summed E-state index contributed by atoms with van der Waals surface area (Å²) in [5.74, 6) is 0.0780. The second-order valence-corrected chi connectivity index (χ2v) is 3.83. The van der Waals surface area contributed by atoms with Crippen molar-refractivity contribution in [2.24, 2.45) is 12.8 Å². The number of rotatable bonds is 4. The van der Waals surface area contributed by atoms with Crippen LogP contribution in [0.1, 0.15) is 5.82 Å². The molecule has 1 unspecified atom stereocenters. The van der Waals surface area contributed by atoms with Gasteiger partial charge in [0.2, 0.25) is 0 Å². The van der Waals surface area contributed by atoms with E-state index in [-0.39, 0.29) is 0 Å². The smallest absolute Gasteiger partial charge is 0.321 e. The zero-order valence-corrected chi connectivity index (χ0v) is 8.78. The van der Waals surface area contributed by atoms with Gasteiger partial charge in [0, 0.05) is 12.8 Å².